The SMILES string of the molecule is Cc1ccc2c(c1)[C@@H](C)CC(=O)N2. The Labute approximate surface area is 78.0 Å². The third kappa shape index (κ3) is 1.44. The number of benzene rings is 1. The van der Waals surface area contributed by atoms with E-state index in [-0.39, 0.29) is 5.91 Å². The van der Waals surface area contributed by atoms with E-state index in [9.17, 15) is 4.79 Å². The maximum absolute atomic E-state index is 11.2. The first kappa shape index (κ1) is 8.30. The summed E-state index contributed by atoms with van der Waals surface area (Å²) >= 11 is 0. The van der Waals surface area contributed by atoms with Gasteiger partial charge in [0.05, 0.1) is 0 Å². The van der Waals surface area contributed by atoms with E-state index < -0.39 is 0 Å². The van der Waals surface area contributed by atoms with Crippen LogP contribution in [0.3, 0.4) is 0 Å². The average molecular weight is 175 g/mol. The summed E-state index contributed by atoms with van der Waals surface area (Å²) in [7, 11) is 0. The van der Waals surface area contributed by atoms with Crippen molar-refractivity contribution < 1.29 is 4.79 Å². The molecule has 0 radical (unpaired) electrons. The van der Waals surface area contributed by atoms with Gasteiger partial charge in [-0.05, 0) is 24.5 Å². The Balaban J connectivity index is 2.49. The molecule has 1 atom stereocenters. The van der Waals surface area contributed by atoms with Crippen LogP contribution in [0.1, 0.15) is 30.4 Å². The summed E-state index contributed by atoms with van der Waals surface area (Å²) in [6, 6.07) is 6.16. The molecule has 2 rings (SSSR count). The Hall–Kier alpha value is -1.31. The van der Waals surface area contributed by atoms with Gasteiger partial charge in [-0.3, -0.25) is 4.79 Å². The summed E-state index contributed by atoms with van der Waals surface area (Å²) in [6.45, 7) is 4.17. The highest BCUT2D eigenvalue weighted by molar-refractivity contribution is 5.94. The van der Waals surface area contributed by atoms with Crippen LogP contribution in [0.5, 0.6) is 0 Å². The molecule has 1 aromatic carbocycles. The molecule has 1 aliphatic heterocycles. The number of aryl methyl sites for hydroxylation is 1. The molecule has 0 spiro atoms. The highest BCUT2D eigenvalue weighted by Gasteiger charge is 2.20. The number of carbonyl (C=O) groups excluding carboxylic acids is 1. The number of carbonyl (C=O) groups is 1. The van der Waals surface area contributed by atoms with Gasteiger partial charge in [-0.1, -0.05) is 24.6 Å². The number of anilines is 1. The molecule has 2 heteroatoms. The minimum atomic E-state index is 0.129. The second-order valence-electron chi connectivity index (χ2n) is 3.74. The number of nitrogens with one attached hydrogen (secondary N) is 1. The van der Waals surface area contributed by atoms with Crippen LogP contribution < -0.4 is 5.32 Å². The van der Waals surface area contributed by atoms with Crippen LogP contribution in [0, 0.1) is 6.92 Å². The summed E-state index contributed by atoms with van der Waals surface area (Å²) in [6.07, 6.45) is 0.608. The average Bonchev–Trinajstić information content (AvgIpc) is 2.06. The lowest BCUT2D eigenvalue weighted by Crippen LogP contribution is -2.21. The highest BCUT2D eigenvalue weighted by atomic mass is 16.1. The van der Waals surface area contributed by atoms with E-state index in [1.54, 1.807) is 0 Å². The van der Waals surface area contributed by atoms with Gasteiger partial charge in [0.2, 0.25) is 5.91 Å². The van der Waals surface area contributed by atoms with Crippen molar-refractivity contribution in [2.45, 2.75) is 26.2 Å². The van der Waals surface area contributed by atoms with Crippen LogP contribution in [0.2, 0.25) is 0 Å². The fourth-order valence-corrected chi connectivity index (χ4v) is 1.79. The summed E-state index contributed by atoms with van der Waals surface area (Å²) in [5.74, 6) is 0.479. The lowest BCUT2D eigenvalue weighted by molar-refractivity contribution is -0.116. The fourth-order valence-electron chi connectivity index (χ4n) is 1.79. The van der Waals surface area contributed by atoms with Crippen molar-refractivity contribution in [3.63, 3.8) is 0 Å². The molecule has 68 valence electrons. The normalized spacial score (nSPS) is 20.8. The predicted octanol–water partition coefficient (Wildman–Crippen LogP) is 2.44. The van der Waals surface area contributed by atoms with Gasteiger partial charge in [-0.25, -0.2) is 0 Å². The highest BCUT2D eigenvalue weighted by Crippen LogP contribution is 2.31. The number of rotatable bonds is 0. The second-order valence-corrected chi connectivity index (χ2v) is 3.74. The van der Waals surface area contributed by atoms with Crippen LogP contribution in [0.4, 0.5) is 5.69 Å². The monoisotopic (exact) mass is 175 g/mol. The molecule has 1 aromatic rings. The molecule has 0 unspecified atom stereocenters. The molecule has 0 saturated carbocycles. The number of hydrogen-bond acceptors (Lipinski definition) is 1. The van der Waals surface area contributed by atoms with Crippen molar-refractivity contribution in [1.82, 2.24) is 0 Å². The summed E-state index contributed by atoms with van der Waals surface area (Å²) < 4.78 is 0. The fraction of sp³-hybridized carbons (Fsp3) is 0.364. The number of hydrogen-bond donors (Lipinski definition) is 1. The number of fused-ring (bicyclic) bond motifs is 1. The lowest BCUT2D eigenvalue weighted by atomic mass is 9.91. The quantitative estimate of drug-likeness (QED) is 0.644. The zero-order valence-electron chi connectivity index (χ0n) is 7.92. The van der Waals surface area contributed by atoms with Crippen LogP contribution >= 0.6 is 0 Å². The molecule has 0 aromatic heterocycles. The van der Waals surface area contributed by atoms with Crippen LogP contribution in [0.25, 0.3) is 0 Å². The molecule has 0 fully saturated rings. The molecule has 0 bridgehead atoms. The Morgan fingerprint density at radius 3 is 3.00 bits per heavy atom. The van der Waals surface area contributed by atoms with E-state index in [4.69, 9.17) is 0 Å². The maximum atomic E-state index is 11.2. The van der Waals surface area contributed by atoms with Gasteiger partial charge in [0, 0.05) is 12.1 Å². The topological polar surface area (TPSA) is 29.1 Å². The van der Waals surface area contributed by atoms with Gasteiger partial charge < -0.3 is 5.32 Å². The van der Waals surface area contributed by atoms with E-state index in [1.807, 2.05) is 12.1 Å². The van der Waals surface area contributed by atoms with Crippen molar-refractivity contribution in [3.05, 3.63) is 29.3 Å². The molecular formula is C11H13NO. The minimum Gasteiger partial charge on any atom is -0.326 e. The van der Waals surface area contributed by atoms with Gasteiger partial charge in [0.1, 0.15) is 0 Å². The van der Waals surface area contributed by atoms with Crippen molar-refractivity contribution in [1.29, 1.82) is 0 Å². The second kappa shape index (κ2) is 2.87. The first-order valence-electron chi connectivity index (χ1n) is 4.57. The zero-order valence-corrected chi connectivity index (χ0v) is 7.92. The van der Waals surface area contributed by atoms with E-state index >= 15 is 0 Å². The first-order chi connectivity index (χ1) is 6.16. The molecular weight excluding hydrogens is 162 g/mol. The van der Waals surface area contributed by atoms with Crippen LogP contribution in [0.15, 0.2) is 18.2 Å². The summed E-state index contributed by atoms with van der Waals surface area (Å²) in [5.41, 5.74) is 3.50. The smallest absolute Gasteiger partial charge is 0.224 e. The predicted molar refractivity (Wildman–Crippen MR) is 52.8 cm³/mol. The van der Waals surface area contributed by atoms with Crippen LogP contribution in [-0.4, -0.2) is 5.91 Å². The van der Waals surface area contributed by atoms with E-state index in [0.717, 1.165) is 5.69 Å². The van der Waals surface area contributed by atoms with Crippen molar-refractivity contribution in [2.75, 3.05) is 5.32 Å². The molecule has 0 saturated heterocycles. The van der Waals surface area contributed by atoms with Gasteiger partial charge in [-0.15, -0.1) is 0 Å². The van der Waals surface area contributed by atoms with Gasteiger partial charge >= 0.3 is 0 Å². The van der Waals surface area contributed by atoms with Crippen molar-refractivity contribution >= 4 is 11.6 Å². The third-order valence-electron chi connectivity index (χ3n) is 2.50. The standard InChI is InChI=1S/C11H13NO/c1-7-3-4-10-9(5-7)8(2)6-11(13)12-10/h3-5,8H,6H2,1-2H3,(H,12,13)/t8-/m0/s1. The van der Waals surface area contributed by atoms with E-state index in [1.165, 1.54) is 11.1 Å². The van der Waals surface area contributed by atoms with Gasteiger partial charge in [0.15, 0.2) is 0 Å². The van der Waals surface area contributed by atoms with Crippen LogP contribution in [-0.2, 0) is 4.79 Å². The van der Waals surface area contributed by atoms with Gasteiger partial charge in [-0.2, -0.15) is 0 Å². The largest absolute Gasteiger partial charge is 0.326 e. The molecule has 1 heterocycles. The minimum absolute atomic E-state index is 0.129. The Morgan fingerprint density at radius 1 is 1.46 bits per heavy atom. The summed E-state index contributed by atoms with van der Waals surface area (Å²) in [4.78, 5) is 11.2. The molecule has 0 aliphatic carbocycles. The Kier molecular flexibility index (Phi) is 1.83. The van der Waals surface area contributed by atoms with E-state index in [0.29, 0.717) is 12.3 Å². The Morgan fingerprint density at radius 2 is 2.23 bits per heavy atom. The Bertz CT molecular complexity index is 357. The third-order valence-corrected chi connectivity index (χ3v) is 2.50. The zero-order chi connectivity index (χ0) is 9.42. The molecule has 1 aliphatic rings. The van der Waals surface area contributed by atoms with Crippen molar-refractivity contribution in [3.8, 4) is 0 Å². The lowest BCUT2D eigenvalue weighted by Gasteiger charge is -2.22. The summed E-state index contributed by atoms with van der Waals surface area (Å²) in [5, 5.41) is 2.88. The van der Waals surface area contributed by atoms with E-state index in [2.05, 4.69) is 25.2 Å². The van der Waals surface area contributed by atoms with Crippen molar-refractivity contribution in [2.24, 2.45) is 0 Å². The number of amides is 1. The maximum Gasteiger partial charge on any atom is 0.224 e. The first-order valence-corrected chi connectivity index (χ1v) is 4.57. The molecule has 1 N–H and O–H groups in total. The molecule has 2 nitrogen and oxygen atoms in total. The van der Waals surface area contributed by atoms with Gasteiger partial charge in [0.25, 0.3) is 0 Å². The molecule has 13 heavy (non-hydrogen) atoms. The molecule has 1 amide bonds.